The highest BCUT2D eigenvalue weighted by Crippen LogP contribution is 2.38. The monoisotopic (exact) mass is 474 g/mol. The van der Waals surface area contributed by atoms with E-state index in [1.807, 2.05) is 13.8 Å². The number of piperazine rings is 1. The molecule has 1 aliphatic rings. The van der Waals surface area contributed by atoms with Gasteiger partial charge >= 0.3 is 0 Å². The van der Waals surface area contributed by atoms with E-state index >= 15 is 0 Å². The summed E-state index contributed by atoms with van der Waals surface area (Å²) in [6, 6.07) is 3.14. The van der Waals surface area contributed by atoms with Crippen molar-refractivity contribution < 1.29 is 19.5 Å². The zero-order chi connectivity index (χ0) is 23.4. The summed E-state index contributed by atoms with van der Waals surface area (Å²) in [4.78, 5) is 45.0. The SMILES string of the molecule is C=CC(=O)N1CCN(C(=O)c2cc(Sc3cnc(NC(C)=O)s3)c(C)cc2O)[C@H](CC)C1. The molecule has 1 saturated heterocycles. The number of rotatable bonds is 6. The van der Waals surface area contributed by atoms with Crippen molar-refractivity contribution in [1.82, 2.24) is 14.8 Å². The first-order chi connectivity index (χ1) is 15.2. The van der Waals surface area contributed by atoms with E-state index in [2.05, 4.69) is 16.9 Å². The molecule has 2 N–H and O–H groups in total. The van der Waals surface area contributed by atoms with Crippen LogP contribution in [-0.2, 0) is 9.59 Å². The third kappa shape index (κ3) is 5.31. The molecule has 0 unspecified atom stereocenters. The van der Waals surface area contributed by atoms with Gasteiger partial charge in [-0.3, -0.25) is 14.4 Å². The summed E-state index contributed by atoms with van der Waals surface area (Å²) < 4.78 is 0.851. The molecule has 8 nitrogen and oxygen atoms in total. The minimum atomic E-state index is -0.259. The van der Waals surface area contributed by atoms with Gasteiger partial charge in [0.2, 0.25) is 11.8 Å². The number of carbonyl (C=O) groups is 3. The first-order valence-corrected chi connectivity index (χ1v) is 11.8. The number of aryl methyl sites for hydroxylation is 1. The largest absolute Gasteiger partial charge is 0.507 e. The minimum absolute atomic E-state index is 0.0699. The highest BCUT2D eigenvalue weighted by Gasteiger charge is 2.32. The number of thiazole rings is 1. The molecule has 2 aromatic rings. The van der Waals surface area contributed by atoms with Gasteiger partial charge in [0.05, 0.1) is 16.0 Å². The molecule has 0 radical (unpaired) electrons. The zero-order valence-electron chi connectivity index (χ0n) is 18.3. The van der Waals surface area contributed by atoms with Crippen LogP contribution in [0.1, 0.15) is 36.2 Å². The molecular weight excluding hydrogens is 448 g/mol. The van der Waals surface area contributed by atoms with Gasteiger partial charge in [-0.2, -0.15) is 0 Å². The molecule has 3 rings (SSSR count). The van der Waals surface area contributed by atoms with Crippen LogP contribution in [0.25, 0.3) is 0 Å². The summed E-state index contributed by atoms with van der Waals surface area (Å²) in [5.41, 5.74) is 1.05. The summed E-state index contributed by atoms with van der Waals surface area (Å²) in [6.07, 6.45) is 3.64. The number of carbonyl (C=O) groups excluding carboxylic acids is 3. The van der Waals surface area contributed by atoms with Crippen molar-refractivity contribution in [3.63, 3.8) is 0 Å². The van der Waals surface area contributed by atoms with Crippen LogP contribution in [0.3, 0.4) is 0 Å². The molecule has 0 saturated carbocycles. The van der Waals surface area contributed by atoms with Crippen LogP contribution in [0, 0.1) is 6.92 Å². The number of benzene rings is 1. The molecule has 0 aliphatic carbocycles. The van der Waals surface area contributed by atoms with E-state index in [9.17, 15) is 19.5 Å². The van der Waals surface area contributed by atoms with Gasteiger partial charge in [0.25, 0.3) is 5.91 Å². The second-order valence-corrected chi connectivity index (χ2v) is 9.82. The van der Waals surface area contributed by atoms with Crippen molar-refractivity contribution in [2.45, 2.75) is 42.3 Å². The average molecular weight is 475 g/mol. The third-order valence-corrected chi connectivity index (χ3v) is 7.38. The Kier molecular flexibility index (Phi) is 7.57. The molecule has 2 heterocycles. The zero-order valence-corrected chi connectivity index (χ0v) is 19.9. The van der Waals surface area contributed by atoms with Gasteiger partial charge in [-0.1, -0.05) is 36.6 Å². The number of hydrogen-bond acceptors (Lipinski definition) is 7. The Morgan fingerprint density at radius 3 is 2.78 bits per heavy atom. The van der Waals surface area contributed by atoms with Gasteiger partial charge < -0.3 is 20.2 Å². The number of phenolic OH excluding ortho intramolecular Hbond substituents is 1. The summed E-state index contributed by atoms with van der Waals surface area (Å²) in [6.45, 7) is 10.0. The number of aromatic nitrogens is 1. The van der Waals surface area contributed by atoms with Gasteiger partial charge in [0.15, 0.2) is 5.13 Å². The van der Waals surface area contributed by atoms with Crippen LogP contribution in [0.4, 0.5) is 5.13 Å². The Labute approximate surface area is 195 Å². The lowest BCUT2D eigenvalue weighted by Crippen LogP contribution is -2.56. The van der Waals surface area contributed by atoms with E-state index in [1.165, 1.54) is 36.1 Å². The number of nitrogens with zero attached hydrogens (tertiary/aromatic N) is 3. The molecular formula is C22H26N4O4S2. The van der Waals surface area contributed by atoms with Gasteiger partial charge in [0, 0.05) is 37.5 Å². The lowest BCUT2D eigenvalue weighted by molar-refractivity contribution is -0.128. The van der Waals surface area contributed by atoms with Crippen LogP contribution in [0.15, 0.2) is 40.1 Å². The van der Waals surface area contributed by atoms with Gasteiger partial charge in [-0.05, 0) is 37.1 Å². The normalized spacial score (nSPS) is 16.0. The number of hydrogen-bond donors (Lipinski definition) is 2. The Morgan fingerprint density at radius 1 is 1.38 bits per heavy atom. The Morgan fingerprint density at radius 2 is 2.12 bits per heavy atom. The fraction of sp³-hybridized carbons (Fsp3) is 0.364. The number of phenols is 1. The van der Waals surface area contributed by atoms with Crippen LogP contribution >= 0.6 is 23.1 Å². The number of anilines is 1. The van der Waals surface area contributed by atoms with Crippen molar-refractivity contribution in [3.8, 4) is 5.75 Å². The van der Waals surface area contributed by atoms with Crippen LogP contribution < -0.4 is 5.32 Å². The van der Waals surface area contributed by atoms with Crippen molar-refractivity contribution >= 4 is 46.0 Å². The van der Waals surface area contributed by atoms with Crippen molar-refractivity contribution in [2.24, 2.45) is 0 Å². The van der Waals surface area contributed by atoms with Crippen LogP contribution in [0.5, 0.6) is 5.75 Å². The van der Waals surface area contributed by atoms with E-state index in [-0.39, 0.29) is 35.1 Å². The molecule has 1 atom stereocenters. The summed E-state index contributed by atoms with van der Waals surface area (Å²) in [5.74, 6) is -0.662. The number of amides is 3. The Bertz CT molecular complexity index is 1050. The standard InChI is InChI=1S/C22H26N4O4S2/c1-5-15-12-25(19(29)6-2)7-8-26(15)21(30)16-10-18(13(3)9-17(16)28)31-20-11-23-22(32-20)24-14(4)27/h6,9-11,15,28H,2,5,7-8,12H2,1,3-4H3,(H,23,24,27)/t15-/m1/s1. The topological polar surface area (TPSA) is 103 Å². The third-order valence-electron chi connectivity index (χ3n) is 5.20. The molecule has 1 fully saturated rings. The highest BCUT2D eigenvalue weighted by atomic mass is 32.2. The van der Waals surface area contributed by atoms with E-state index in [0.717, 1.165) is 14.7 Å². The summed E-state index contributed by atoms with van der Waals surface area (Å²) >= 11 is 2.76. The Balaban J connectivity index is 1.82. The maximum atomic E-state index is 13.4. The van der Waals surface area contributed by atoms with Gasteiger partial charge in [0.1, 0.15) is 5.75 Å². The number of aromatic hydroxyl groups is 1. The van der Waals surface area contributed by atoms with Gasteiger partial charge in [-0.25, -0.2) is 4.98 Å². The van der Waals surface area contributed by atoms with Crippen molar-refractivity contribution in [1.29, 1.82) is 0 Å². The molecule has 1 aromatic carbocycles. The van der Waals surface area contributed by atoms with E-state index in [1.54, 1.807) is 28.1 Å². The average Bonchev–Trinajstić information content (AvgIpc) is 3.20. The van der Waals surface area contributed by atoms with Crippen LogP contribution in [0.2, 0.25) is 0 Å². The predicted molar refractivity (Wildman–Crippen MR) is 125 cm³/mol. The molecule has 0 bridgehead atoms. The second-order valence-electron chi connectivity index (χ2n) is 7.45. The molecule has 10 heteroatoms. The molecule has 170 valence electrons. The first-order valence-electron chi connectivity index (χ1n) is 10.2. The second kappa shape index (κ2) is 10.2. The number of nitrogens with one attached hydrogen (secondary N) is 1. The van der Waals surface area contributed by atoms with Crippen molar-refractivity contribution in [2.75, 3.05) is 25.0 Å². The summed E-state index contributed by atoms with van der Waals surface area (Å²) in [5, 5.41) is 13.7. The fourth-order valence-corrected chi connectivity index (χ4v) is 5.52. The maximum absolute atomic E-state index is 13.4. The predicted octanol–water partition coefficient (Wildman–Crippen LogP) is 3.52. The fourth-order valence-electron chi connectivity index (χ4n) is 3.53. The summed E-state index contributed by atoms with van der Waals surface area (Å²) in [7, 11) is 0. The smallest absolute Gasteiger partial charge is 0.258 e. The van der Waals surface area contributed by atoms with E-state index < -0.39 is 0 Å². The van der Waals surface area contributed by atoms with Crippen LogP contribution in [-0.4, -0.2) is 63.3 Å². The minimum Gasteiger partial charge on any atom is -0.507 e. The molecule has 32 heavy (non-hydrogen) atoms. The molecule has 0 spiro atoms. The van der Waals surface area contributed by atoms with E-state index in [4.69, 9.17) is 0 Å². The maximum Gasteiger partial charge on any atom is 0.258 e. The van der Waals surface area contributed by atoms with Crippen molar-refractivity contribution in [3.05, 3.63) is 42.1 Å². The molecule has 3 amide bonds. The Hall–Kier alpha value is -2.85. The lowest BCUT2D eigenvalue weighted by Gasteiger charge is -2.41. The lowest BCUT2D eigenvalue weighted by atomic mass is 10.0. The quantitative estimate of drug-likeness (QED) is 0.621. The first kappa shape index (κ1) is 23.8. The van der Waals surface area contributed by atoms with Gasteiger partial charge in [-0.15, -0.1) is 0 Å². The molecule has 1 aromatic heterocycles. The van der Waals surface area contributed by atoms with E-state index in [0.29, 0.717) is 31.2 Å². The molecule has 1 aliphatic heterocycles. The highest BCUT2D eigenvalue weighted by molar-refractivity contribution is 8.01.